The van der Waals surface area contributed by atoms with Crippen molar-refractivity contribution >= 4 is 34.2 Å². The van der Waals surface area contributed by atoms with Crippen LogP contribution in [0.4, 0.5) is 0 Å². The Kier molecular flexibility index (Phi) is 4.81. The van der Waals surface area contributed by atoms with Crippen LogP contribution in [0.5, 0.6) is 0 Å². The van der Waals surface area contributed by atoms with Crippen LogP contribution in [0.3, 0.4) is 0 Å². The molecular weight excluding hydrogens is 417 g/mol. The van der Waals surface area contributed by atoms with E-state index in [4.69, 9.17) is 32.7 Å². The molecule has 0 N–H and O–H groups in total. The second kappa shape index (κ2) is 7.63. The molecule has 0 aliphatic rings. The monoisotopic (exact) mass is 433 g/mol. The average molecular weight is 434 g/mol. The summed E-state index contributed by atoms with van der Waals surface area (Å²) in [7, 11) is 0. The first-order chi connectivity index (χ1) is 14.6. The number of nitrogens with zero attached hydrogens (tertiary/aromatic N) is 3. The number of halogens is 2. The van der Waals surface area contributed by atoms with Gasteiger partial charge in [0.1, 0.15) is 17.3 Å². The molecule has 0 aliphatic carbocycles. The number of imidazole rings is 1. The first-order valence-corrected chi connectivity index (χ1v) is 10.3. The van der Waals surface area contributed by atoms with Crippen LogP contribution in [-0.4, -0.2) is 14.7 Å². The minimum Gasteiger partial charge on any atom is -0.360 e. The van der Waals surface area contributed by atoms with E-state index in [0.717, 1.165) is 33.5 Å². The van der Waals surface area contributed by atoms with Gasteiger partial charge in [0.25, 0.3) is 0 Å². The molecule has 0 atom stereocenters. The third kappa shape index (κ3) is 3.28. The van der Waals surface area contributed by atoms with Crippen LogP contribution in [-0.2, 0) is 6.54 Å². The second-order valence-electron chi connectivity index (χ2n) is 7.08. The normalized spacial score (nSPS) is 11.3. The maximum atomic E-state index is 6.47. The molecule has 6 heteroatoms. The highest BCUT2D eigenvalue weighted by atomic mass is 35.5. The Labute approximate surface area is 183 Å². The fraction of sp³-hybridized carbons (Fsp3) is 0.0833. The third-order valence-corrected chi connectivity index (χ3v) is 5.66. The van der Waals surface area contributed by atoms with Gasteiger partial charge in [-0.15, -0.1) is 0 Å². The van der Waals surface area contributed by atoms with Gasteiger partial charge in [-0.2, -0.15) is 0 Å². The Bertz CT molecular complexity index is 1370. The Morgan fingerprint density at radius 1 is 0.933 bits per heavy atom. The van der Waals surface area contributed by atoms with E-state index < -0.39 is 0 Å². The van der Waals surface area contributed by atoms with Gasteiger partial charge in [0, 0.05) is 17.1 Å². The van der Waals surface area contributed by atoms with E-state index in [9.17, 15) is 0 Å². The molecule has 4 nitrogen and oxygen atoms in total. The van der Waals surface area contributed by atoms with E-state index >= 15 is 0 Å². The molecule has 0 spiro atoms. The lowest BCUT2D eigenvalue weighted by atomic mass is 10.1. The van der Waals surface area contributed by atoms with Crippen LogP contribution < -0.4 is 0 Å². The van der Waals surface area contributed by atoms with Crippen LogP contribution in [0.1, 0.15) is 11.3 Å². The minimum absolute atomic E-state index is 0.614. The van der Waals surface area contributed by atoms with Crippen molar-refractivity contribution in [2.24, 2.45) is 0 Å². The van der Waals surface area contributed by atoms with E-state index in [1.807, 2.05) is 67.6 Å². The molecule has 2 heterocycles. The zero-order chi connectivity index (χ0) is 20.7. The van der Waals surface area contributed by atoms with Crippen molar-refractivity contribution in [2.75, 3.05) is 0 Å². The van der Waals surface area contributed by atoms with Gasteiger partial charge in [-0.05, 0) is 42.8 Å². The Hall–Kier alpha value is -3.08. The molecule has 30 heavy (non-hydrogen) atoms. The summed E-state index contributed by atoms with van der Waals surface area (Å²) in [6.45, 7) is 2.51. The Morgan fingerprint density at radius 3 is 2.57 bits per heavy atom. The van der Waals surface area contributed by atoms with Gasteiger partial charge < -0.3 is 9.09 Å². The van der Waals surface area contributed by atoms with Crippen molar-refractivity contribution in [2.45, 2.75) is 13.5 Å². The highest BCUT2D eigenvalue weighted by Crippen LogP contribution is 2.38. The molecular formula is C24H17Cl2N3O. The molecule has 0 amide bonds. The molecule has 2 aromatic heterocycles. The standard InChI is InChI=1S/C24H17Cl2N3O/c1-15-22(23(28-30-15)18-9-2-3-10-19(18)26)24-27-20-11-4-5-12-21(20)29(24)14-16-7-6-8-17(25)13-16/h2-13H,14H2,1H3. The smallest absolute Gasteiger partial charge is 0.147 e. The van der Waals surface area contributed by atoms with Crippen molar-refractivity contribution in [3.8, 4) is 22.6 Å². The van der Waals surface area contributed by atoms with Crippen molar-refractivity contribution in [1.29, 1.82) is 0 Å². The lowest BCUT2D eigenvalue weighted by Crippen LogP contribution is -2.03. The summed E-state index contributed by atoms with van der Waals surface area (Å²) in [6, 6.07) is 23.5. The van der Waals surface area contributed by atoms with E-state index in [0.29, 0.717) is 28.0 Å². The largest absolute Gasteiger partial charge is 0.360 e. The van der Waals surface area contributed by atoms with E-state index in [2.05, 4.69) is 21.9 Å². The number of fused-ring (bicyclic) bond motifs is 1. The number of aromatic nitrogens is 3. The molecule has 3 aromatic carbocycles. The predicted molar refractivity (Wildman–Crippen MR) is 121 cm³/mol. The number of hydrogen-bond acceptors (Lipinski definition) is 3. The van der Waals surface area contributed by atoms with Crippen molar-refractivity contribution < 1.29 is 4.52 Å². The summed E-state index contributed by atoms with van der Waals surface area (Å²) >= 11 is 12.7. The minimum atomic E-state index is 0.614. The van der Waals surface area contributed by atoms with Crippen LogP contribution in [0.25, 0.3) is 33.7 Å². The fourth-order valence-electron chi connectivity index (χ4n) is 3.72. The molecule has 0 aliphatic heterocycles. The van der Waals surface area contributed by atoms with Gasteiger partial charge in [-0.1, -0.05) is 70.8 Å². The van der Waals surface area contributed by atoms with Gasteiger partial charge in [-0.3, -0.25) is 0 Å². The zero-order valence-corrected chi connectivity index (χ0v) is 17.7. The first kappa shape index (κ1) is 18.9. The number of rotatable bonds is 4. The van der Waals surface area contributed by atoms with Gasteiger partial charge in [0.15, 0.2) is 0 Å². The SMILES string of the molecule is Cc1onc(-c2ccccc2Cl)c1-c1nc2ccccc2n1Cc1cccc(Cl)c1. The number of para-hydroxylation sites is 2. The Balaban J connectivity index is 1.75. The molecule has 5 aromatic rings. The molecule has 0 saturated carbocycles. The average Bonchev–Trinajstić information content (AvgIpc) is 3.29. The maximum Gasteiger partial charge on any atom is 0.147 e. The van der Waals surface area contributed by atoms with Gasteiger partial charge >= 0.3 is 0 Å². The summed E-state index contributed by atoms with van der Waals surface area (Å²) in [4.78, 5) is 4.94. The fourth-order valence-corrected chi connectivity index (χ4v) is 4.16. The van der Waals surface area contributed by atoms with E-state index in [-0.39, 0.29) is 0 Å². The molecule has 0 unspecified atom stereocenters. The number of benzene rings is 3. The number of hydrogen-bond donors (Lipinski definition) is 0. The van der Waals surface area contributed by atoms with Crippen LogP contribution >= 0.6 is 23.2 Å². The molecule has 0 bridgehead atoms. The van der Waals surface area contributed by atoms with Gasteiger partial charge in [-0.25, -0.2) is 4.98 Å². The zero-order valence-electron chi connectivity index (χ0n) is 16.1. The van der Waals surface area contributed by atoms with Gasteiger partial charge in [0.2, 0.25) is 0 Å². The van der Waals surface area contributed by atoms with Crippen LogP contribution in [0.15, 0.2) is 77.3 Å². The Morgan fingerprint density at radius 2 is 1.73 bits per heavy atom. The van der Waals surface area contributed by atoms with Crippen molar-refractivity contribution in [3.05, 3.63) is 94.2 Å². The quantitative estimate of drug-likeness (QED) is 0.305. The molecule has 148 valence electrons. The highest BCUT2D eigenvalue weighted by molar-refractivity contribution is 6.33. The van der Waals surface area contributed by atoms with Crippen LogP contribution in [0.2, 0.25) is 10.0 Å². The van der Waals surface area contributed by atoms with Crippen LogP contribution in [0, 0.1) is 6.92 Å². The maximum absolute atomic E-state index is 6.47. The van der Waals surface area contributed by atoms with Crippen molar-refractivity contribution in [3.63, 3.8) is 0 Å². The summed E-state index contributed by atoms with van der Waals surface area (Å²) in [5, 5.41) is 5.64. The van der Waals surface area contributed by atoms with Gasteiger partial charge in [0.05, 0.1) is 21.6 Å². The van der Waals surface area contributed by atoms with E-state index in [1.165, 1.54) is 0 Å². The topological polar surface area (TPSA) is 43.9 Å². The third-order valence-electron chi connectivity index (χ3n) is 5.10. The predicted octanol–water partition coefficient (Wildman–Crippen LogP) is 7.02. The molecule has 5 rings (SSSR count). The van der Waals surface area contributed by atoms with E-state index in [1.54, 1.807) is 0 Å². The molecule has 0 fully saturated rings. The molecule has 0 radical (unpaired) electrons. The summed E-state index contributed by atoms with van der Waals surface area (Å²) < 4.78 is 7.76. The summed E-state index contributed by atoms with van der Waals surface area (Å²) in [5.41, 5.74) is 5.34. The second-order valence-corrected chi connectivity index (χ2v) is 7.93. The summed E-state index contributed by atoms with van der Waals surface area (Å²) in [5.74, 6) is 1.47. The lowest BCUT2D eigenvalue weighted by molar-refractivity contribution is 0.400. The number of aryl methyl sites for hydroxylation is 1. The summed E-state index contributed by atoms with van der Waals surface area (Å²) in [6.07, 6.45) is 0. The molecule has 0 saturated heterocycles. The first-order valence-electron chi connectivity index (χ1n) is 9.53. The highest BCUT2D eigenvalue weighted by Gasteiger charge is 2.24. The lowest BCUT2D eigenvalue weighted by Gasteiger charge is -2.11. The van der Waals surface area contributed by atoms with Crippen molar-refractivity contribution in [1.82, 2.24) is 14.7 Å².